The summed E-state index contributed by atoms with van der Waals surface area (Å²) in [5.41, 5.74) is 0.729. The lowest BCUT2D eigenvalue weighted by atomic mass is 10.3. The third-order valence-corrected chi connectivity index (χ3v) is 2.16. The van der Waals surface area contributed by atoms with Gasteiger partial charge in [0.05, 0.1) is 6.54 Å². The van der Waals surface area contributed by atoms with Gasteiger partial charge in [-0.05, 0) is 19.1 Å². The molecule has 0 aliphatic rings. The second-order valence-electron chi connectivity index (χ2n) is 3.64. The van der Waals surface area contributed by atoms with Gasteiger partial charge in [0.1, 0.15) is 0 Å². The molecule has 0 saturated heterocycles. The topological polar surface area (TPSA) is 42.7 Å². The standard InChI is InChI=1S/C11H13FN4/c1-9(8-16-6-2-4-14-16)15-10-3-5-13-11(12)7-10/h2-7,9H,8H2,1H3,(H,13,15). The maximum Gasteiger partial charge on any atom is 0.214 e. The van der Waals surface area contributed by atoms with Crippen molar-refractivity contribution >= 4 is 5.69 Å². The number of nitrogens with one attached hydrogen (secondary N) is 1. The van der Waals surface area contributed by atoms with E-state index in [-0.39, 0.29) is 6.04 Å². The smallest absolute Gasteiger partial charge is 0.214 e. The molecule has 0 aromatic carbocycles. The third-order valence-electron chi connectivity index (χ3n) is 2.16. The van der Waals surface area contributed by atoms with Crippen molar-refractivity contribution in [1.29, 1.82) is 0 Å². The zero-order chi connectivity index (χ0) is 11.4. The highest BCUT2D eigenvalue weighted by atomic mass is 19.1. The Bertz CT molecular complexity index is 441. The van der Waals surface area contributed by atoms with Crippen molar-refractivity contribution in [3.05, 3.63) is 42.7 Å². The summed E-state index contributed by atoms with van der Waals surface area (Å²) in [4.78, 5) is 3.50. The van der Waals surface area contributed by atoms with Gasteiger partial charge in [0, 0.05) is 36.4 Å². The summed E-state index contributed by atoms with van der Waals surface area (Å²) in [6.07, 6.45) is 5.07. The molecule has 0 amide bonds. The summed E-state index contributed by atoms with van der Waals surface area (Å²) in [5, 5.41) is 7.29. The fraction of sp³-hybridized carbons (Fsp3) is 0.273. The molecule has 5 heteroatoms. The SMILES string of the molecule is CC(Cn1cccn1)Nc1ccnc(F)c1. The molecule has 1 N–H and O–H groups in total. The predicted molar refractivity (Wildman–Crippen MR) is 59.5 cm³/mol. The van der Waals surface area contributed by atoms with Crippen LogP contribution in [0.5, 0.6) is 0 Å². The Hall–Kier alpha value is -1.91. The van der Waals surface area contributed by atoms with E-state index in [1.165, 1.54) is 12.3 Å². The summed E-state index contributed by atoms with van der Waals surface area (Å²) >= 11 is 0. The summed E-state index contributed by atoms with van der Waals surface area (Å²) in [6.45, 7) is 2.75. The molecule has 0 aliphatic heterocycles. The number of hydrogen-bond acceptors (Lipinski definition) is 3. The van der Waals surface area contributed by atoms with E-state index < -0.39 is 5.95 Å². The maximum atomic E-state index is 12.8. The van der Waals surface area contributed by atoms with E-state index in [4.69, 9.17) is 0 Å². The van der Waals surface area contributed by atoms with Crippen LogP contribution < -0.4 is 5.32 Å². The summed E-state index contributed by atoms with van der Waals surface area (Å²) < 4.78 is 14.7. The molecule has 16 heavy (non-hydrogen) atoms. The molecular formula is C11H13FN4. The zero-order valence-electron chi connectivity index (χ0n) is 8.97. The van der Waals surface area contributed by atoms with Gasteiger partial charge in [0.2, 0.25) is 5.95 Å². The average Bonchev–Trinajstić information content (AvgIpc) is 2.70. The number of hydrogen-bond donors (Lipinski definition) is 1. The Morgan fingerprint density at radius 3 is 3.06 bits per heavy atom. The number of aromatic nitrogens is 3. The van der Waals surface area contributed by atoms with E-state index in [1.807, 2.05) is 23.9 Å². The molecule has 0 bridgehead atoms. The summed E-state index contributed by atoms with van der Waals surface area (Å²) in [7, 11) is 0. The minimum atomic E-state index is -0.476. The van der Waals surface area contributed by atoms with Crippen LogP contribution in [-0.2, 0) is 6.54 Å². The molecule has 84 valence electrons. The highest BCUT2D eigenvalue weighted by Gasteiger charge is 2.03. The molecule has 0 spiro atoms. The van der Waals surface area contributed by atoms with E-state index in [1.54, 1.807) is 12.3 Å². The van der Waals surface area contributed by atoms with Crippen LogP contribution in [-0.4, -0.2) is 20.8 Å². The number of rotatable bonds is 4. The summed E-state index contributed by atoms with van der Waals surface area (Å²) in [5.74, 6) is -0.476. The second kappa shape index (κ2) is 4.74. The number of halogens is 1. The van der Waals surface area contributed by atoms with Crippen LogP contribution in [0.15, 0.2) is 36.8 Å². The molecule has 1 unspecified atom stereocenters. The monoisotopic (exact) mass is 220 g/mol. The maximum absolute atomic E-state index is 12.8. The van der Waals surface area contributed by atoms with Crippen LogP contribution in [0.1, 0.15) is 6.92 Å². The molecule has 1 atom stereocenters. The lowest BCUT2D eigenvalue weighted by Gasteiger charge is -2.14. The number of nitrogens with zero attached hydrogens (tertiary/aromatic N) is 3. The van der Waals surface area contributed by atoms with Gasteiger partial charge in [-0.3, -0.25) is 4.68 Å². The van der Waals surface area contributed by atoms with E-state index in [9.17, 15) is 4.39 Å². The van der Waals surface area contributed by atoms with Crippen molar-refractivity contribution < 1.29 is 4.39 Å². The van der Waals surface area contributed by atoms with Gasteiger partial charge in [-0.15, -0.1) is 0 Å². The Morgan fingerprint density at radius 1 is 1.50 bits per heavy atom. The minimum Gasteiger partial charge on any atom is -0.381 e. The highest BCUT2D eigenvalue weighted by Crippen LogP contribution is 2.08. The molecular weight excluding hydrogens is 207 g/mol. The van der Waals surface area contributed by atoms with Crippen LogP contribution in [0.4, 0.5) is 10.1 Å². The summed E-state index contributed by atoms with van der Waals surface area (Å²) in [6, 6.07) is 5.16. The Labute approximate surface area is 93.1 Å². The van der Waals surface area contributed by atoms with Crippen LogP contribution in [0, 0.1) is 5.95 Å². The van der Waals surface area contributed by atoms with Crippen LogP contribution in [0.3, 0.4) is 0 Å². The predicted octanol–water partition coefficient (Wildman–Crippen LogP) is 1.92. The molecule has 2 aromatic heterocycles. The van der Waals surface area contributed by atoms with Gasteiger partial charge >= 0.3 is 0 Å². The third kappa shape index (κ3) is 2.79. The van der Waals surface area contributed by atoms with Crippen molar-refractivity contribution in [1.82, 2.24) is 14.8 Å². The number of anilines is 1. The van der Waals surface area contributed by atoms with Gasteiger partial charge in [-0.1, -0.05) is 0 Å². The Morgan fingerprint density at radius 2 is 2.38 bits per heavy atom. The fourth-order valence-electron chi connectivity index (χ4n) is 1.51. The quantitative estimate of drug-likeness (QED) is 0.800. The fourth-order valence-corrected chi connectivity index (χ4v) is 1.51. The molecule has 0 fully saturated rings. The first kappa shape index (κ1) is 10.6. The molecule has 4 nitrogen and oxygen atoms in total. The molecule has 2 aromatic rings. The lowest BCUT2D eigenvalue weighted by Crippen LogP contribution is -2.22. The van der Waals surface area contributed by atoms with Crippen molar-refractivity contribution in [2.24, 2.45) is 0 Å². The van der Waals surface area contributed by atoms with Crippen molar-refractivity contribution in [2.45, 2.75) is 19.5 Å². The van der Waals surface area contributed by atoms with E-state index in [0.29, 0.717) is 0 Å². The first-order valence-electron chi connectivity index (χ1n) is 5.09. The molecule has 0 saturated carbocycles. The largest absolute Gasteiger partial charge is 0.381 e. The van der Waals surface area contributed by atoms with Crippen molar-refractivity contribution in [2.75, 3.05) is 5.32 Å². The first-order chi connectivity index (χ1) is 7.74. The molecule has 2 heterocycles. The molecule has 0 aliphatic carbocycles. The minimum absolute atomic E-state index is 0.168. The van der Waals surface area contributed by atoms with E-state index in [0.717, 1.165) is 12.2 Å². The second-order valence-corrected chi connectivity index (χ2v) is 3.64. The van der Waals surface area contributed by atoms with Gasteiger partial charge < -0.3 is 5.32 Å². The zero-order valence-corrected chi connectivity index (χ0v) is 8.97. The number of pyridine rings is 1. The van der Waals surface area contributed by atoms with Gasteiger partial charge in [0.25, 0.3) is 0 Å². The first-order valence-corrected chi connectivity index (χ1v) is 5.09. The van der Waals surface area contributed by atoms with Gasteiger partial charge in [0.15, 0.2) is 0 Å². The lowest BCUT2D eigenvalue weighted by molar-refractivity contribution is 0.558. The molecule has 0 radical (unpaired) electrons. The highest BCUT2D eigenvalue weighted by molar-refractivity contribution is 5.41. The van der Waals surface area contributed by atoms with Gasteiger partial charge in [-0.25, -0.2) is 4.98 Å². The van der Waals surface area contributed by atoms with Crippen LogP contribution >= 0.6 is 0 Å². The average molecular weight is 220 g/mol. The molecule has 2 rings (SSSR count). The Balaban J connectivity index is 1.94. The van der Waals surface area contributed by atoms with E-state index in [2.05, 4.69) is 15.4 Å². The van der Waals surface area contributed by atoms with Crippen LogP contribution in [0.2, 0.25) is 0 Å². The normalized spacial score (nSPS) is 12.4. The van der Waals surface area contributed by atoms with Gasteiger partial charge in [-0.2, -0.15) is 9.49 Å². The van der Waals surface area contributed by atoms with E-state index >= 15 is 0 Å². The van der Waals surface area contributed by atoms with Crippen molar-refractivity contribution in [3.63, 3.8) is 0 Å². The van der Waals surface area contributed by atoms with Crippen LogP contribution in [0.25, 0.3) is 0 Å². The van der Waals surface area contributed by atoms with Crippen molar-refractivity contribution in [3.8, 4) is 0 Å². The Kier molecular flexibility index (Phi) is 3.14.